The van der Waals surface area contributed by atoms with Crippen molar-refractivity contribution in [1.82, 2.24) is 0 Å². The molecule has 0 rings (SSSR count). The summed E-state index contributed by atoms with van der Waals surface area (Å²) >= 11 is 0. The van der Waals surface area contributed by atoms with Gasteiger partial charge in [0.25, 0.3) is 0 Å². The number of rotatable bonds is 5. The van der Waals surface area contributed by atoms with Gasteiger partial charge in [-0.3, -0.25) is 9.59 Å². The molecular formula is C9H17NO3. The largest absolute Gasteiger partial charge is 0.481 e. The summed E-state index contributed by atoms with van der Waals surface area (Å²) in [5, 5.41) is 8.71. The number of primary amides is 1. The van der Waals surface area contributed by atoms with Gasteiger partial charge in [-0.1, -0.05) is 20.8 Å². The molecule has 0 aliphatic carbocycles. The van der Waals surface area contributed by atoms with E-state index in [1.807, 2.05) is 13.8 Å². The van der Waals surface area contributed by atoms with Crippen LogP contribution in [0.5, 0.6) is 0 Å². The normalized spacial score (nSPS) is 15.4. The van der Waals surface area contributed by atoms with Crippen molar-refractivity contribution in [2.75, 3.05) is 0 Å². The zero-order valence-electron chi connectivity index (χ0n) is 8.28. The predicted octanol–water partition coefficient (Wildman–Crippen LogP) is 0.855. The van der Waals surface area contributed by atoms with E-state index in [0.717, 1.165) is 0 Å². The lowest BCUT2D eigenvalue weighted by Crippen LogP contribution is -2.33. The minimum absolute atomic E-state index is 0.277. The summed E-state index contributed by atoms with van der Waals surface area (Å²) in [7, 11) is 0. The van der Waals surface area contributed by atoms with Gasteiger partial charge in [-0.05, 0) is 12.3 Å². The molecule has 1 amide bonds. The first-order chi connectivity index (χ1) is 5.86. The second kappa shape index (κ2) is 4.84. The summed E-state index contributed by atoms with van der Waals surface area (Å²) in [5.41, 5.74) is 5.12. The maximum atomic E-state index is 10.9. The fourth-order valence-electron chi connectivity index (χ4n) is 1.25. The van der Waals surface area contributed by atoms with Crippen molar-refractivity contribution in [2.24, 2.45) is 23.5 Å². The second-order valence-corrected chi connectivity index (χ2v) is 3.77. The van der Waals surface area contributed by atoms with E-state index in [1.54, 1.807) is 0 Å². The van der Waals surface area contributed by atoms with Crippen LogP contribution in [0.2, 0.25) is 0 Å². The second-order valence-electron chi connectivity index (χ2n) is 3.77. The molecule has 76 valence electrons. The lowest BCUT2D eigenvalue weighted by Gasteiger charge is -2.19. The topological polar surface area (TPSA) is 80.4 Å². The van der Waals surface area contributed by atoms with E-state index in [0.29, 0.717) is 6.42 Å². The Balaban J connectivity index is 4.42. The Kier molecular flexibility index (Phi) is 4.45. The first-order valence-corrected chi connectivity index (χ1v) is 4.38. The van der Waals surface area contributed by atoms with Crippen LogP contribution in [0.25, 0.3) is 0 Å². The third-order valence-corrected chi connectivity index (χ3v) is 2.08. The first kappa shape index (κ1) is 11.9. The van der Waals surface area contributed by atoms with E-state index in [2.05, 4.69) is 0 Å². The van der Waals surface area contributed by atoms with Gasteiger partial charge in [-0.25, -0.2) is 0 Å². The average Bonchev–Trinajstić information content (AvgIpc) is 1.97. The molecule has 0 heterocycles. The number of hydrogen-bond donors (Lipinski definition) is 2. The Morgan fingerprint density at radius 3 is 2.00 bits per heavy atom. The van der Waals surface area contributed by atoms with Crippen LogP contribution < -0.4 is 5.73 Å². The maximum absolute atomic E-state index is 10.9. The molecule has 2 atom stereocenters. The highest BCUT2D eigenvalue weighted by Crippen LogP contribution is 2.20. The van der Waals surface area contributed by atoms with Gasteiger partial charge in [-0.2, -0.15) is 0 Å². The predicted molar refractivity (Wildman–Crippen MR) is 48.9 cm³/mol. The summed E-state index contributed by atoms with van der Waals surface area (Å²) in [5.74, 6) is -2.47. The van der Waals surface area contributed by atoms with E-state index < -0.39 is 23.7 Å². The number of aliphatic carboxylic acids is 1. The van der Waals surface area contributed by atoms with Gasteiger partial charge < -0.3 is 10.8 Å². The van der Waals surface area contributed by atoms with Crippen molar-refractivity contribution in [3.8, 4) is 0 Å². The molecule has 1 unspecified atom stereocenters. The molecular weight excluding hydrogens is 170 g/mol. The van der Waals surface area contributed by atoms with Crippen LogP contribution in [-0.4, -0.2) is 17.0 Å². The van der Waals surface area contributed by atoms with E-state index in [-0.39, 0.29) is 5.92 Å². The molecule has 0 aromatic heterocycles. The lowest BCUT2D eigenvalue weighted by molar-refractivity contribution is -0.146. The molecule has 0 spiro atoms. The minimum Gasteiger partial charge on any atom is -0.481 e. The highest BCUT2D eigenvalue weighted by atomic mass is 16.4. The van der Waals surface area contributed by atoms with E-state index in [4.69, 9.17) is 10.8 Å². The van der Waals surface area contributed by atoms with E-state index in [9.17, 15) is 9.59 Å². The minimum atomic E-state index is -0.968. The molecule has 13 heavy (non-hydrogen) atoms. The Morgan fingerprint density at radius 2 is 1.77 bits per heavy atom. The van der Waals surface area contributed by atoms with Crippen LogP contribution in [-0.2, 0) is 9.59 Å². The van der Waals surface area contributed by atoms with Crippen LogP contribution >= 0.6 is 0 Å². The molecule has 4 heteroatoms. The van der Waals surface area contributed by atoms with Crippen molar-refractivity contribution in [2.45, 2.75) is 27.2 Å². The Bertz CT molecular complexity index is 201. The number of carbonyl (C=O) groups excluding carboxylic acids is 1. The van der Waals surface area contributed by atoms with Gasteiger partial charge in [0.15, 0.2) is 0 Å². The van der Waals surface area contributed by atoms with Crippen molar-refractivity contribution in [1.29, 1.82) is 0 Å². The van der Waals surface area contributed by atoms with Crippen LogP contribution in [0.3, 0.4) is 0 Å². The zero-order valence-corrected chi connectivity index (χ0v) is 8.28. The number of amides is 1. The maximum Gasteiger partial charge on any atom is 0.307 e. The Hall–Kier alpha value is -1.06. The van der Waals surface area contributed by atoms with Crippen molar-refractivity contribution in [3.05, 3.63) is 0 Å². The van der Waals surface area contributed by atoms with Crippen LogP contribution in [0.15, 0.2) is 0 Å². The fraction of sp³-hybridized carbons (Fsp3) is 0.778. The molecule has 0 aliphatic rings. The number of carboxylic acid groups (broad SMARTS) is 1. The summed E-state index contributed by atoms with van der Waals surface area (Å²) in [6, 6.07) is 0. The van der Waals surface area contributed by atoms with Gasteiger partial charge in [0.05, 0.1) is 11.8 Å². The smallest absolute Gasteiger partial charge is 0.307 e. The van der Waals surface area contributed by atoms with Gasteiger partial charge >= 0.3 is 5.97 Å². The third-order valence-electron chi connectivity index (χ3n) is 2.08. The molecule has 3 N–H and O–H groups in total. The molecule has 0 aromatic carbocycles. The highest BCUT2D eigenvalue weighted by molar-refractivity contribution is 5.83. The van der Waals surface area contributed by atoms with Gasteiger partial charge in [0.2, 0.25) is 5.91 Å². The molecule has 0 radical (unpaired) electrons. The van der Waals surface area contributed by atoms with Crippen LogP contribution in [0, 0.1) is 17.8 Å². The van der Waals surface area contributed by atoms with Crippen LogP contribution in [0.4, 0.5) is 0 Å². The zero-order chi connectivity index (χ0) is 10.6. The summed E-state index contributed by atoms with van der Waals surface area (Å²) in [4.78, 5) is 21.6. The number of carbonyl (C=O) groups is 2. The molecule has 4 nitrogen and oxygen atoms in total. The number of nitrogens with two attached hydrogens (primary N) is 1. The van der Waals surface area contributed by atoms with Gasteiger partial charge in [0, 0.05) is 0 Å². The first-order valence-electron chi connectivity index (χ1n) is 4.38. The lowest BCUT2D eigenvalue weighted by atomic mass is 9.86. The van der Waals surface area contributed by atoms with E-state index in [1.165, 1.54) is 6.92 Å². The van der Waals surface area contributed by atoms with Crippen molar-refractivity contribution in [3.63, 3.8) is 0 Å². The molecule has 0 fully saturated rings. The van der Waals surface area contributed by atoms with Crippen molar-refractivity contribution >= 4 is 11.9 Å². The van der Waals surface area contributed by atoms with Crippen LogP contribution in [0.1, 0.15) is 27.2 Å². The molecule has 0 saturated heterocycles. The SMILES string of the molecule is CC(C)CC(C(N)=O)[C@@H](C)C(=O)O. The monoisotopic (exact) mass is 187 g/mol. The number of carboxylic acids is 1. The standard InChI is InChI=1S/C9H17NO3/c1-5(2)4-7(8(10)11)6(3)9(12)13/h5-7H,4H2,1-3H3,(H2,10,11)(H,12,13)/t6-,7?/m1/s1. The Labute approximate surface area is 78.1 Å². The van der Waals surface area contributed by atoms with E-state index >= 15 is 0 Å². The van der Waals surface area contributed by atoms with Crippen molar-refractivity contribution < 1.29 is 14.7 Å². The highest BCUT2D eigenvalue weighted by Gasteiger charge is 2.28. The summed E-state index contributed by atoms with van der Waals surface area (Å²) in [6.45, 7) is 5.38. The van der Waals surface area contributed by atoms with Gasteiger partial charge in [-0.15, -0.1) is 0 Å². The summed E-state index contributed by atoms with van der Waals surface area (Å²) < 4.78 is 0. The average molecular weight is 187 g/mol. The summed E-state index contributed by atoms with van der Waals surface area (Å²) in [6.07, 6.45) is 0.531. The number of hydrogen-bond acceptors (Lipinski definition) is 2. The van der Waals surface area contributed by atoms with Gasteiger partial charge in [0.1, 0.15) is 0 Å². The Morgan fingerprint density at radius 1 is 1.31 bits per heavy atom. The molecule has 0 aromatic rings. The fourth-order valence-corrected chi connectivity index (χ4v) is 1.25. The molecule has 0 bridgehead atoms. The third kappa shape index (κ3) is 3.92. The molecule has 0 saturated carbocycles. The molecule has 0 aliphatic heterocycles. The quantitative estimate of drug-likeness (QED) is 0.669.